The molecular weight excluding hydrogens is 324 g/mol. The number of hydrogen-bond acceptors (Lipinski definition) is 4. The molecule has 5 nitrogen and oxygen atoms in total. The number of rotatable bonds is 3. The minimum atomic E-state index is -0.0477. The average molecular weight is 352 g/mol. The Labute approximate surface area is 155 Å². The molecule has 2 aromatic rings. The van der Waals surface area contributed by atoms with E-state index in [0.717, 1.165) is 42.5 Å². The highest BCUT2D eigenvalue weighted by Crippen LogP contribution is 2.26. The van der Waals surface area contributed by atoms with E-state index < -0.39 is 0 Å². The standard InChI is InChI=1S/C21H28N4O/c1-14-19(24-18(26)12-21(3,4)5)15(2)23-20(22-14)25-11-10-16-8-6-7-9-17(16)13-25/h6-9H,10-13H2,1-5H3,(H,24,26). The summed E-state index contributed by atoms with van der Waals surface area (Å²) in [4.78, 5) is 23.9. The molecule has 1 aliphatic rings. The Kier molecular flexibility index (Phi) is 4.99. The Balaban J connectivity index is 1.79. The second-order valence-electron chi connectivity index (χ2n) is 8.30. The normalized spacial score (nSPS) is 14.1. The molecule has 0 fully saturated rings. The Morgan fingerprint density at radius 2 is 1.73 bits per heavy atom. The molecule has 0 saturated heterocycles. The Hall–Kier alpha value is -2.43. The highest BCUT2D eigenvalue weighted by atomic mass is 16.1. The largest absolute Gasteiger partial charge is 0.336 e. The number of carbonyl (C=O) groups is 1. The predicted octanol–water partition coefficient (Wildman–Crippen LogP) is 4.03. The molecule has 1 amide bonds. The van der Waals surface area contributed by atoms with Crippen LogP contribution in [0.4, 0.5) is 11.6 Å². The molecule has 2 heterocycles. The first-order valence-electron chi connectivity index (χ1n) is 9.20. The summed E-state index contributed by atoms with van der Waals surface area (Å²) in [5, 5.41) is 3.00. The molecule has 26 heavy (non-hydrogen) atoms. The molecule has 0 saturated carbocycles. The zero-order valence-electron chi connectivity index (χ0n) is 16.4. The van der Waals surface area contributed by atoms with Gasteiger partial charge in [-0.2, -0.15) is 0 Å². The number of fused-ring (bicyclic) bond motifs is 1. The highest BCUT2D eigenvalue weighted by molar-refractivity contribution is 5.92. The van der Waals surface area contributed by atoms with Gasteiger partial charge < -0.3 is 10.2 Å². The van der Waals surface area contributed by atoms with Crippen molar-refractivity contribution in [3.05, 3.63) is 46.8 Å². The first-order chi connectivity index (χ1) is 12.2. The lowest BCUT2D eigenvalue weighted by Crippen LogP contribution is -2.32. The molecule has 5 heteroatoms. The lowest BCUT2D eigenvalue weighted by Gasteiger charge is -2.29. The molecule has 0 aliphatic carbocycles. The van der Waals surface area contributed by atoms with E-state index in [0.29, 0.717) is 6.42 Å². The van der Waals surface area contributed by atoms with Crippen molar-refractivity contribution >= 4 is 17.5 Å². The smallest absolute Gasteiger partial charge is 0.226 e. The summed E-state index contributed by atoms with van der Waals surface area (Å²) >= 11 is 0. The van der Waals surface area contributed by atoms with Gasteiger partial charge in [0.25, 0.3) is 0 Å². The molecular formula is C21H28N4O. The lowest BCUT2D eigenvalue weighted by atomic mass is 9.92. The van der Waals surface area contributed by atoms with Crippen LogP contribution in [-0.4, -0.2) is 22.4 Å². The number of amides is 1. The summed E-state index contributed by atoms with van der Waals surface area (Å²) in [7, 11) is 0. The number of benzene rings is 1. The van der Waals surface area contributed by atoms with Crippen LogP contribution in [0.15, 0.2) is 24.3 Å². The number of aryl methyl sites for hydroxylation is 2. The Bertz CT molecular complexity index is 800. The number of hydrogen-bond donors (Lipinski definition) is 1. The summed E-state index contributed by atoms with van der Waals surface area (Å²) < 4.78 is 0. The van der Waals surface area contributed by atoms with Crippen molar-refractivity contribution in [2.45, 2.75) is 54.0 Å². The van der Waals surface area contributed by atoms with Crippen molar-refractivity contribution in [1.29, 1.82) is 0 Å². The fourth-order valence-electron chi connectivity index (χ4n) is 3.35. The van der Waals surface area contributed by atoms with Crippen LogP contribution in [0.2, 0.25) is 0 Å². The second kappa shape index (κ2) is 7.06. The van der Waals surface area contributed by atoms with Crippen molar-refractivity contribution < 1.29 is 4.79 Å². The summed E-state index contributed by atoms with van der Waals surface area (Å²) in [6, 6.07) is 8.53. The van der Waals surface area contributed by atoms with E-state index in [1.165, 1.54) is 11.1 Å². The minimum Gasteiger partial charge on any atom is -0.336 e. The van der Waals surface area contributed by atoms with Crippen LogP contribution in [0.25, 0.3) is 0 Å². The van der Waals surface area contributed by atoms with Gasteiger partial charge >= 0.3 is 0 Å². The highest BCUT2D eigenvalue weighted by Gasteiger charge is 2.21. The number of nitrogens with one attached hydrogen (secondary N) is 1. The fourth-order valence-corrected chi connectivity index (χ4v) is 3.35. The zero-order chi connectivity index (χ0) is 18.9. The van der Waals surface area contributed by atoms with E-state index in [4.69, 9.17) is 0 Å². The third kappa shape index (κ3) is 4.21. The molecule has 0 radical (unpaired) electrons. The van der Waals surface area contributed by atoms with E-state index in [-0.39, 0.29) is 11.3 Å². The number of aromatic nitrogens is 2. The van der Waals surface area contributed by atoms with Crippen LogP contribution in [0.5, 0.6) is 0 Å². The van der Waals surface area contributed by atoms with Crippen LogP contribution in [0, 0.1) is 19.3 Å². The molecule has 0 bridgehead atoms. The van der Waals surface area contributed by atoms with Crippen LogP contribution in [0.3, 0.4) is 0 Å². The van der Waals surface area contributed by atoms with Gasteiger partial charge in [-0.25, -0.2) is 9.97 Å². The molecule has 1 N–H and O–H groups in total. The van der Waals surface area contributed by atoms with E-state index >= 15 is 0 Å². The van der Waals surface area contributed by atoms with Gasteiger partial charge in [-0.1, -0.05) is 45.0 Å². The average Bonchev–Trinajstić information content (AvgIpc) is 2.56. The summed E-state index contributed by atoms with van der Waals surface area (Å²) in [6.07, 6.45) is 1.47. The number of carbonyl (C=O) groups excluding carboxylic acids is 1. The van der Waals surface area contributed by atoms with E-state index in [1.807, 2.05) is 13.8 Å². The van der Waals surface area contributed by atoms with Crippen molar-refractivity contribution in [3.8, 4) is 0 Å². The van der Waals surface area contributed by atoms with Gasteiger partial charge in [0.1, 0.15) is 0 Å². The van der Waals surface area contributed by atoms with Crippen LogP contribution in [-0.2, 0) is 17.8 Å². The summed E-state index contributed by atoms with van der Waals surface area (Å²) in [5.41, 5.74) is 5.06. The van der Waals surface area contributed by atoms with Crippen molar-refractivity contribution in [2.24, 2.45) is 5.41 Å². The SMILES string of the molecule is Cc1nc(N2CCc3ccccc3C2)nc(C)c1NC(=O)CC(C)(C)C. The minimum absolute atomic E-state index is 0.00644. The third-order valence-electron chi connectivity index (χ3n) is 4.63. The summed E-state index contributed by atoms with van der Waals surface area (Å²) in [6.45, 7) is 11.8. The van der Waals surface area contributed by atoms with E-state index in [2.05, 4.69) is 65.2 Å². The van der Waals surface area contributed by atoms with Gasteiger partial charge in [0.15, 0.2) is 0 Å². The number of nitrogens with zero attached hydrogens (tertiary/aromatic N) is 3. The van der Waals surface area contributed by atoms with Gasteiger partial charge in [0, 0.05) is 19.5 Å². The van der Waals surface area contributed by atoms with Gasteiger partial charge in [0.05, 0.1) is 17.1 Å². The third-order valence-corrected chi connectivity index (χ3v) is 4.63. The van der Waals surface area contributed by atoms with Crippen molar-refractivity contribution in [1.82, 2.24) is 9.97 Å². The maximum absolute atomic E-state index is 12.3. The van der Waals surface area contributed by atoms with Gasteiger partial charge in [-0.05, 0) is 36.8 Å². The van der Waals surface area contributed by atoms with E-state index in [9.17, 15) is 4.79 Å². The van der Waals surface area contributed by atoms with Gasteiger partial charge in [0.2, 0.25) is 11.9 Å². The second-order valence-corrected chi connectivity index (χ2v) is 8.30. The van der Waals surface area contributed by atoms with Gasteiger partial charge in [-0.15, -0.1) is 0 Å². The fraction of sp³-hybridized carbons (Fsp3) is 0.476. The van der Waals surface area contributed by atoms with Crippen molar-refractivity contribution in [3.63, 3.8) is 0 Å². The van der Waals surface area contributed by atoms with Gasteiger partial charge in [-0.3, -0.25) is 4.79 Å². The molecule has 0 spiro atoms. The molecule has 1 aromatic carbocycles. The Morgan fingerprint density at radius 1 is 1.12 bits per heavy atom. The van der Waals surface area contributed by atoms with E-state index in [1.54, 1.807) is 0 Å². The zero-order valence-corrected chi connectivity index (χ0v) is 16.4. The molecule has 1 aromatic heterocycles. The topological polar surface area (TPSA) is 58.1 Å². The Morgan fingerprint density at radius 3 is 2.35 bits per heavy atom. The first kappa shape index (κ1) is 18.4. The quantitative estimate of drug-likeness (QED) is 0.906. The summed E-state index contributed by atoms with van der Waals surface area (Å²) in [5.74, 6) is 0.746. The maximum atomic E-state index is 12.3. The molecule has 3 rings (SSSR count). The molecule has 0 unspecified atom stereocenters. The van der Waals surface area contributed by atoms with Crippen LogP contribution >= 0.6 is 0 Å². The predicted molar refractivity (Wildman–Crippen MR) is 105 cm³/mol. The monoisotopic (exact) mass is 352 g/mol. The lowest BCUT2D eigenvalue weighted by molar-refractivity contribution is -0.117. The number of anilines is 2. The first-order valence-corrected chi connectivity index (χ1v) is 9.20. The van der Waals surface area contributed by atoms with Crippen LogP contribution < -0.4 is 10.2 Å². The molecule has 0 atom stereocenters. The van der Waals surface area contributed by atoms with Crippen molar-refractivity contribution in [2.75, 3.05) is 16.8 Å². The molecule has 138 valence electrons. The van der Waals surface area contributed by atoms with Crippen LogP contribution in [0.1, 0.15) is 49.7 Å². The maximum Gasteiger partial charge on any atom is 0.226 e. The molecule has 1 aliphatic heterocycles.